The minimum Gasteiger partial charge on any atom is -0.508 e. The number of aromatic hydroxyl groups is 1. The molecule has 55 heavy (non-hydrogen) atoms. The van der Waals surface area contributed by atoms with Crippen LogP contribution in [-0.2, 0) is 9.53 Å². The molecule has 5 aliphatic rings. The molecule has 3 aromatic rings. The summed E-state index contributed by atoms with van der Waals surface area (Å²) in [5, 5.41) is 15.1. The van der Waals surface area contributed by atoms with Gasteiger partial charge in [0.25, 0.3) is 5.88 Å². The van der Waals surface area contributed by atoms with Gasteiger partial charge in [-0.05, 0) is 80.5 Å². The maximum Gasteiger partial charge on any atom is 0.322 e. The van der Waals surface area contributed by atoms with Crippen molar-refractivity contribution in [3.63, 3.8) is 0 Å². The molecule has 3 aliphatic heterocycles. The maximum absolute atomic E-state index is 15.2. The fourth-order valence-corrected chi connectivity index (χ4v) is 9.84. The molecular formula is C42H49F2N5O6. The quantitative estimate of drug-likeness (QED) is 0.176. The van der Waals surface area contributed by atoms with Crippen LogP contribution in [0.25, 0.3) is 10.8 Å². The average Bonchev–Trinajstić information content (AvgIpc) is 3.78. The number of halogens is 2. The van der Waals surface area contributed by atoms with E-state index in [-0.39, 0.29) is 59.5 Å². The van der Waals surface area contributed by atoms with E-state index >= 15 is 4.39 Å². The number of hydrogen-bond donors (Lipinski definition) is 2. The lowest BCUT2D eigenvalue weighted by molar-refractivity contribution is -0.129. The van der Waals surface area contributed by atoms with Gasteiger partial charge in [-0.1, -0.05) is 31.4 Å². The Kier molecular flexibility index (Phi) is 9.78. The van der Waals surface area contributed by atoms with Crippen molar-refractivity contribution in [2.24, 2.45) is 5.41 Å². The molecule has 4 heterocycles. The molecule has 2 saturated heterocycles. The van der Waals surface area contributed by atoms with E-state index in [2.05, 4.69) is 27.7 Å². The Morgan fingerprint density at radius 2 is 1.96 bits per heavy atom. The highest BCUT2D eigenvalue weighted by atomic mass is 19.1. The van der Waals surface area contributed by atoms with Crippen LogP contribution in [0.3, 0.4) is 0 Å². The molecule has 8 rings (SSSR count). The molecule has 1 aromatic heterocycles. The summed E-state index contributed by atoms with van der Waals surface area (Å²) in [4.78, 5) is 26.3. The molecule has 13 heteroatoms. The number of carbonyl (C=O) groups is 1. The fraction of sp³-hybridized carbons (Fsp3) is 0.548. The SMILES string of the molecule is C#Cc1c(F)ccc2cc(O)cc(C3COc4c(NCC5(N(C)C(=O)C=C)CCCC5)nc(OC[C@]5(C)C[C@@H](F)CN5C5CC6(CCOCC6)C5)nc4O3)c12. The monoisotopic (exact) mass is 757 g/mol. The number of nitrogens with zero attached hydrogens (tertiary/aromatic N) is 4. The van der Waals surface area contributed by atoms with Gasteiger partial charge in [-0.15, -0.1) is 6.42 Å². The summed E-state index contributed by atoms with van der Waals surface area (Å²) >= 11 is 0. The normalized spacial score (nSPS) is 25.7. The van der Waals surface area contributed by atoms with Gasteiger partial charge >= 0.3 is 6.01 Å². The number of anilines is 1. The third kappa shape index (κ3) is 6.82. The Balaban J connectivity index is 1.10. The number of terminal acetylenes is 1. The highest BCUT2D eigenvalue weighted by Gasteiger charge is 2.54. The van der Waals surface area contributed by atoms with Crippen LogP contribution in [0.15, 0.2) is 36.9 Å². The Labute approximate surface area is 320 Å². The number of hydrogen-bond acceptors (Lipinski definition) is 10. The van der Waals surface area contributed by atoms with Gasteiger partial charge in [0, 0.05) is 56.8 Å². The zero-order valence-electron chi connectivity index (χ0n) is 31.5. The average molecular weight is 758 g/mol. The number of alkyl halides is 1. The van der Waals surface area contributed by atoms with Gasteiger partial charge in [0.15, 0.2) is 11.9 Å². The summed E-state index contributed by atoms with van der Waals surface area (Å²) in [6.45, 7) is 8.13. The van der Waals surface area contributed by atoms with Crippen LogP contribution in [0.2, 0.25) is 0 Å². The summed E-state index contributed by atoms with van der Waals surface area (Å²) in [5.74, 6) is 2.30. The lowest BCUT2D eigenvalue weighted by Gasteiger charge is -2.55. The Morgan fingerprint density at radius 1 is 1.20 bits per heavy atom. The van der Waals surface area contributed by atoms with E-state index in [1.807, 2.05) is 6.92 Å². The lowest BCUT2D eigenvalue weighted by atomic mass is 9.60. The number of rotatable bonds is 10. The second-order valence-electron chi connectivity index (χ2n) is 16.4. The molecule has 1 spiro atoms. The minimum absolute atomic E-state index is 0.00983. The van der Waals surface area contributed by atoms with E-state index in [1.165, 1.54) is 24.3 Å². The van der Waals surface area contributed by atoms with Crippen molar-refractivity contribution in [3.8, 4) is 35.7 Å². The van der Waals surface area contributed by atoms with Crippen LogP contribution in [0, 0.1) is 23.6 Å². The number of phenols is 1. The van der Waals surface area contributed by atoms with Crippen LogP contribution >= 0.6 is 0 Å². The van der Waals surface area contributed by atoms with E-state index < -0.39 is 29.2 Å². The first-order valence-electron chi connectivity index (χ1n) is 19.3. The van der Waals surface area contributed by atoms with E-state index in [4.69, 9.17) is 30.4 Å². The molecule has 11 nitrogen and oxygen atoms in total. The summed E-state index contributed by atoms with van der Waals surface area (Å²) in [7, 11) is 1.79. The molecule has 1 unspecified atom stereocenters. The van der Waals surface area contributed by atoms with Crippen molar-refractivity contribution in [1.82, 2.24) is 19.8 Å². The number of phenolic OH excluding ortho intramolecular Hbond substituents is 1. The van der Waals surface area contributed by atoms with Gasteiger partial charge in [0.05, 0.1) is 16.6 Å². The molecule has 3 atom stereocenters. The number of likely N-dealkylation sites (tertiary alicyclic amines) is 1. The second-order valence-corrected chi connectivity index (χ2v) is 16.4. The Morgan fingerprint density at radius 3 is 2.69 bits per heavy atom. The number of amides is 1. The number of aromatic nitrogens is 2. The third-order valence-electron chi connectivity index (χ3n) is 12.9. The highest BCUT2D eigenvalue weighted by molar-refractivity contribution is 5.93. The molecule has 292 valence electrons. The van der Waals surface area contributed by atoms with E-state index in [9.17, 15) is 14.3 Å². The van der Waals surface area contributed by atoms with Crippen LogP contribution in [0.5, 0.6) is 23.4 Å². The van der Waals surface area contributed by atoms with Crippen molar-refractivity contribution in [2.75, 3.05) is 51.9 Å². The number of benzene rings is 2. The van der Waals surface area contributed by atoms with Gasteiger partial charge in [0.2, 0.25) is 11.7 Å². The first kappa shape index (κ1) is 37.3. The first-order chi connectivity index (χ1) is 26.5. The minimum atomic E-state index is -0.980. The third-order valence-corrected chi connectivity index (χ3v) is 12.9. The summed E-state index contributed by atoms with van der Waals surface area (Å²) in [6.07, 6.45) is 13.2. The van der Waals surface area contributed by atoms with Crippen molar-refractivity contribution in [2.45, 2.75) is 94.1 Å². The van der Waals surface area contributed by atoms with Crippen molar-refractivity contribution in [3.05, 3.63) is 53.9 Å². The Hall–Kier alpha value is -4.67. The van der Waals surface area contributed by atoms with Crippen LogP contribution in [0.1, 0.15) is 81.9 Å². The number of carbonyl (C=O) groups excluding carboxylic acids is 1. The summed E-state index contributed by atoms with van der Waals surface area (Å²) in [5.41, 5.74) is -0.322. The number of fused-ring (bicyclic) bond motifs is 2. The number of nitrogens with one attached hydrogen (secondary N) is 1. The molecule has 2 aliphatic carbocycles. The molecule has 1 amide bonds. The molecule has 0 radical (unpaired) electrons. The van der Waals surface area contributed by atoms with E-state index in [0.717, 1.165) is 64.6 Å². The smallest absolute Gasteiger partial charge is 0.322 e. The van der Waals surface area contributed by atoms with Gasteiger partial charge in [-0.25, -0.2) is 8.78 Å². The van der Waals surface area contributed by atoms with Crippen molar-refractivity contribution in [1.29, 1.82) is 0 Å². The number of likely N-dealkylation sites (N-methyl/N-ethyl adjacent to an activating group) is 1. The maximum atomic E-state index is 15.2. The van der Waals surface area contributed by atoms with E-state index in [0.29, 0.717) is 41.7 Å². The second kappa shape index (κ2) is 14.4. The number of ether oxygens (including phenoxy) is 4. The van der Waals surface area contributed by atoms with Gasteiger partial charge in [-0.3, -0.25) is 9.69 Å². The van der Waals surface area contributed by atoms with Gasteiger partial charge in [-0.2, -0.15) is 9.97 Å². The van der Waals surface area contributed by atoms with Crippen LogP contribution in [-0.4, -0.2) is 101 Å². The predicted octanol–water partition coefficient (Wildman–Crippen LogP) is 6.48. The topological polar surface area (TPSA) is 119 Å². The molecule has 2 N–H and O–H groups in total. The van der Waals surface area contributed by atoms with Gasteiger partial charge in [0.1, 0.15) is 31.0 Å². The van der Waals surface area contributed by atoms with Gasteiger partial charge < -0.3 is 34.3 Å². The molecule has 4 fully saturated rings. The zero-order valence-corrected chi connectivity index (χ0v) is 31.5. The summed E-state index contributed by atoms with van der Waals surface area (Å²) in [6, 6.07) is 6.10. The van der Waals surface area contributed by atoms with Crippen molar-refractivity contribution >= 4 is 22.5 Å². The van der Waals surface area contributed by atoms with Crippen LogP contribution in [0.4, 0.5) is 14.6 Å². The molecule has 2 aromatic carbocycles. The molecule has 2 saturated carbocycles. The predicted molar refractivity (Wildman–Crippen MR) is 203 cm³/mol. The summed E-state index contributed by atoms with van der Waals surface area (Å²) < 4.78 is 55.0. The Bertz CT molecular complexity index is 2020. The van der Waals surface area contributed by atoms with Crippen LogP contribution < -0.4 is 19.5 Å². The lowest BCUT2D eigenvalue weighted by Crippen LogP contribution is -2.59. The standard InChI is InChI=1S/C42H49F2N5O6/c1-5-30-32(44)10-9-26-17-29(50)18-31(35(26)30)33-23-53-36-37(45-24-42(11-7-8-12-42)48(4)34(51)6-2)46-39(47-38(36)55-33)54-25-40(3)19-27(43)22-49(40)28-20-41(21-28)13-15-52-16-14-41/h1,6,9-10,17-18,27-28,33,50H,2,7-8,11-16,19-25H2,3-4H3,(H,45,46,47)/t27-,33?,40+/m1/s1. The largest absolute Gasteiger partial charge is 0.508 e. The highest BCUT2D eigenvalue weighted by Crippen LogP contribution is 2.53. The molecular weight excluding hydrogens is 708 g/mol. The van der Waals surface area contributed by atoms with Crippen molar-refractivity contribution < 1.29 is 37.6 Å². The fourth-order valence-electron chi connectivity index (χ4n) is 9.84. The van der Waals surface area contributed by atoms with E-state index in [1.54, 1.807) is 18.0 Å². The molecule has 0 bridgehead atoms. The zero-order chi connectivity index (χ0) is 38.5. The first-order valence-corrected chi connectivity index (χ1v) is 19.3.